The number of carbonyl (C=O) groups is 4. The molecule has 0 spiro atoms. The van der Waals surface area contributed by atoms with Crippen molar-refractivity contribution in [2.45, 2.75) is 32.2 Å². The van der Waals surface area contributed by atoms with Gasteiger partial charge in [-0.25, -0.2) is 0 Å². The first-order chi connectivity index (χ1) is 14.0. The molecule has 7 heteroatoms. The number of nitrogens with one attached hydrogen (secondary N) is 2. The number of likely N-dealkylation sites (tertiary alicyclic amines) is 1. The van der Waals surface area contributed by atoms with Gasteiger partial charge in [-0.15, -0.1) is 0 Å². The molecule has 29 heavy (non-hydrogen) atoms. The van der Waals surface area contributed by atoms with Gasteiger partial charge in [-0.2, -0.15) is 0 Å². The molecule has 4 rings (SSSR count). The van der Waals surface area contributed by atoms with Crippen LogP contribution < -0.4 is 10.6 Å². The molecule has 2 fully saturated rings. The minimum absolute atomic E-state index is 0.0274. The highest BCUT2D eigenvalue weighted by atomic mass is 16.2. The molecule has 0 radical (unpaired) electrons. The highest BCUT2D eigenvalue weighted by Gasteiger charge is 2.30. The van der Waals surface area contributed by atoms with Gasteiger partial charge in [0.1, 0.15) is 0 Å². The molecule has 148 valence electrons. The third-order valence-electron chi connectivity index (χ3n) is 5.07. The Morgan fingerprint density at radius 1 is 0.828 bits per heavy atom. The Balaban J connectivity index is 1.33. The number of nitrogens with zero attached hydrogens (tertiary/aromatic N) is 1. The molecule has 0 unspecified atom stereocenters. The number of hydrogen-bond acceptors (Lipinski definition) is 4. The second-order valence-corrected chi connectivity index (χ2v) is 7.37. The predicted octanol–water partition coefficient (Wildman–Crippen LogP) is 2.94. The lowest BCUT2D eigenvalue weighted by atomic mass is 10.1. The zero-order chi connectivity index (χ0) is 20.4. The molecule has 1 aliphatic heterocycles. The van der Waals surface area contributed by atoms with Gasteiger partial charge in [0.25, 0.3) is 5.91 Å². The van der Waals surface area contributed by atoms with Crippen molar-refractivity contribution in [1.82, 2.24) is 4.90 Å². The Morgan fingerprint density at radius 2 is 1.38 bits per heavy atom. The van der Waals surface area contributed by atoms with Gasteiger partial charge < -0.3 is 10.6 Å². The van der Waals surface area contributed by atoms with E-state index in [-0.39, 0.29) is 48.9 Å². The molecule has 2 aliphatic rings. The van der Waals surface area contributed by atoms with Gasteiger partial charge >= 0.3 is 0 Å². The van der Waals surface area contributed by atoms with Gasteiger partial charge in [-0.05, 0) is 54.8 Å². The summed E-state index contributed by atoms with van der Waals surface area (Å²) in [7, 11) is 0. The molecule has 7 nitrogen and oxygen atoms in total. The Kier molecular flexibility index (Phi) is 5.12. The molecule has 0 aromatic heterocycles. The van der Waals surface area contributed by atoms with Crippen LogP contribution in [0.25, 0.3) is 0 Å². The fraction of sp³-hybridized carbons (Fsp3) is 0.273. The van der Waals surface area contributed by atoms with Crippen LogP contribution >= 0.6 is 0 Å². The number of carbonyl (C=O) groups excluding carboxylic acids is 4. The first-order valence-electron chi connectivity index (χ1n) is 9.64. The van der Waals surface area contributed by atoms with E-state index in [1.807, 2.05) is 0 Å². The van der Waals surface area contributed by atoms with E-state index in [4.69, 9.17) is 0 Å². The minimum Gasteiger partial charge on any atom is -0.326 e. The number of imide groups is 1. The number of anilines is 2. The normalized spacial score (nSPS) is 16.1. The number of amides is 4. The fourth-order valence-corrected chi connectivity index (χ4v) is 3.17. The lowest BCUT2D eigenvalue weighted by Crippen LogP contribution is -2.28. The van der Waals surface area contributed by atoms with Crippen molar-refractivity contribution in [3.63, 3.8) is 0 Å². The molecule has 2 aromatic rings. The zero-order valence-corrected chi connectivity index (χ0v) is 15.8. The molecule has 1 saturated carbocycles. The summed E-state index contributed by atoms with van der Waals surface area (Å²) in [5.74, 6) is -0.404. The smallest absolute Gasteiger partial charge is 0.255 e. The highest BCUT2D eigenvalue weighted by Crippen LogP contribution is 2.30. The van der Waals surface area contributed by atoms with Crippen LogP contribution in [0.4, 0.5) is 11.4 Å². The second-order valence-electron chi connectivity index (χ2n) is 7.37. The van der Waals surface area contributed by atoms with E-state index in [1.165, 1.54) is 4.90 Å². The summed E-state index contributed by atoms with van der Waals surface area (Å²) in [6.07, 6.45) is 2.43. The Labute approximate surface area is 168 Å². The molecular formula is C22H21N3O4. The number of hydrogen-bond donors (Lipinski definition) is 2. The molecule has 1 saturated heterocycles. The minimum atomic E-state index is -0.261. The topological polar surface area (TPSA) is 95.6 Å². The predicted molar refractivity (Wildman–Crippen MR) is 107 cm³/mol. The molecule has 2 aromatic carbocycles. The first kappa shape index (κ1) is 18.9. The van der Waals surface area contributed by atoms with E-state index < -0.39 is 0 Å². The summed E-state index contributed by atoms with van der Waals surface area (Å²) in [4.78, 5) is 48.9. The van der Waals surface area contributed by atoms with Crippen molar-refractivity contribution >= 4 is 35.0 Å². The van der Waals surface area contributed by atoms with Gasteiger partial charge in [0.05, 0.1) is 6.54 Å². The maximum absolute atomic E-state index is 12.4. The van der Waals surface area contributed by atoms with Crippen LogP contribution in [0.3, 0.4) is 0 Å². The van der Waals surface area contributed by atoms with Crippen molar-refractivity contribution in [2.24, 2.45) is 5.92 Å². The van der Waals surface area contributed by atoms with E-state index in [1.54, 1.807) is 48.5 Å². The van der Waals surface area contributed by atoms with Crippen molar-refractivity contribution in [1.29, 1.82) is 0 Å². The fourth-order valence-electron chi connectivity index (χ4n) is 3.17. The summed E-state index contributed by atoms with van der Waals surface area (Å²) in [6, 6.07) is 13.8. The highest BCUT2D eigenvalue weighted by molar-refractivity contribution is 6.05. The second kappa shape index (κ2) is 7.87. The van der Waals surface area contributed by atoms with Crippen molar-refractivity contribution in [3.05, 3.63) is 59.7 Å². The molecule has 1 heterocycles. The summed E-state index contributed by atoms with van der Waals surface area (Å²) >= 11 is 0. The third-order valence-corrected chi connectivity index (χ3v) is 5.07. The van der Waals surface area contributed by atoms with Crippen LogP contribution in [0.2, 0.25) is 0 Å². The molecular weight excluding hydrogens is 370 g/mol. The molecule has 4 amide bonds. The molecule has 1 aliphatic carbocycles. The number of rotatable bonds is 6. The lowest BCUT2D eigenvalue weighted by molar-refractivity contribution is -0.139. The summed E-state index contributed by atoms with van der Waals surface area (Å²) in [6.45, 7) is 0.250. The summed E-state index contributed by atoms with van der Waals surface area (Å²) in [5, 5.41) is 5.65. The molecule has 2 N–H and O–H groups in total. The van der Waals surface area contributed by atoms with E-state index >= 15 is 0 Å². The van der Waals surface area contributed by atoms with Crippen molar-refractivity contribution in [3.8, 4) is 0 Å². The van der Waals surface area contributed by atoms with E-state index in [0.29, 0.717) is 16.9 Å². The van der Waals surface area contributed by atoms with Crippen LogP contribution in [0, 0.1) is 5.92 Å². The quantitative estimate of drug-likeness (QED) is 0.740. The van der Waals surface area contributed by atoms with Crippen LogP contribution in [0.1, 0.15) is 41.6 Å². The average molecular weight is 391 g/mol. The molecule has 0 bridgehead atoms. The molecule has 0 atom stereocenters. The maximum Gasteiger partial charge on any atom is 0.255 e. The van der Waals surface area contributed by atoms with E-state index in [2.05, 4.69) is 10.6 Å². The Morgan fingerprint density at radius 3 is 1.97 bits per heavy atom. The maximum atomic E-state index is 12.4. The SMILES string of the molecule is O=C(Nc1ccc(CN2C(=O)CCC2=O)cc1)c1ccc(NC(=O)C2CC2)cc1. The van der Waals surface area contributed by atoms with Gasteiger partial charge in [0.15, 0.2) is 0 Å². The van der Waals surface area contributed by atoms with Crippen LogP contribution in [0.15, 0.2) is 48.5 Å². The largest absolute Gasteiger partial charge is 0.326 e. The Bertz CT molecular complexity index is 947. The van der Waals surface area contributed by atoms with Crippen LogP contribution in [0.5, 0.6) is 0 Å². The van der Waals surface area contributed by atoms with Crippen molar-refractivity contribution in [2.75, 3.05) is 10.6 Å². The van der Waals surface area contributed by atoms with Crippen molar-refractivity contribution < 1.29 is 19.2 Å². The lowest BCUT2D eigenvalue weighted by Gasteiger charge is -2.14. The Hall–Kier alpha value is -3.48. The van der Waals surface area contributed by atoms with Crippen LogP contribution in [-0.2, 0) is 20.9 Å². The first-order valence-corrected chi connectivity index (χ1v) is 9.64. The average Bonchev–Trinajstić information content (AvgIpc) is 3.52. The van der Waals surface area contributed by atoms with Gasteiger partial charge in [0, 0.05) is 35.7 Å². The van der Waals surface area contributed by atoms with E-state index in [0.717, 1.165) is 18.4 Å². The van der Waals surface area contributed by atoms with E-state index in [9.17, 15) is 19.2 Å². The summed E-state index contributed by atoms with van der Waals surface area (Å²) < 4.78 is 0. The summed E-state index contributed by atoms with van der Waals surface area (Å²) in [5.41, 5.74) is 2.59. The number of benzene rings is 2. The standard InChI is InChI=1S/C22H21N3O4/c26-19-11-12-20(27)25(19)13-14-1-7-17(8-2-14)23-22(29)16-5-9-18(10-6-16)24-21(28)15-3-4-15/h1-2,5-10,15H,3-4,11-13H2,(H,23,29)(H,24,28). The van der Waals surface area contributed by atoms with Gasteiger partial charge in [0.2, 0.25) is 17.7 Å². The van der Waals surface area contributed by atoms with Gasteiger partial charge in [-0.3, -0.25) is 24.1 Å². The zero-order valence-electron chi connectivity index (χ0n) is 15.8. The third kappa shape index (κ3) is 4.51. The monoisotopic (exact) mass is 391 g/mol. The van der Waals surface area contributed by atoms with Crippen LogP contribution in [-0.4, -0.2) is 28.5 Å². The van der Waals surface area contributed by atoms with Gasteiger partial charge in [-0.1, -0.05) is 12.1 Å².